The van der Waals surface area contributed by atoms with E-state index in [1.54, 1.807) is 24.3 Å². The number of hydrogen-bond donors (Lipinski definition) is 3. The summed E-state index contributed by atoms with van der Waals surface area (Å²) < 4.78 is 0. The Morgan fingerprint density at radius 2 is 1.80 bits per heavy atom. The van der Waals surface area contributed by atoms with E-state index in [1.807, 2.05) is 24.3 Å². The first-order valence-corrected chi connectivity index (χ1v) is 13.3. The number of carbonyl (C=O) groups is 3. The molecule has 2 heterocycles. The summed E-state index contributed by atoms with van der Waals surface area (Å²) in [6.45, 7) is 5.36. The van der Waals surface area contributed by atoms with Crippen molar-refractivity contribution in [3.8, 4) is 0 Å². The molecule has 1 saturated heterocycles. The Balaban J connectivity index is 1.57. The summed E-state index contributed by atoms with van der Waals surface area (Å²) in [7, 11) is 3.04. The van der Waals surface area contributed by atoms with Gasteiger partial charge in [-0.2, -0.15) is 4.98 Å². The predicted molar refractivity (Wildman–Crippen MR) is 156 cm³/mol. The van der Waals surface area contributed by atoms with Gasteiger partial charge in [0.1, 0.15) is 11.2 Å². The van der Waals surface area contributed by atoms with Gasteiger partial charge in [0, 0.05) is 32.9 Å². The molecule has 1 unspecified atom stereocenters. The second kappa shape index (κ2) is 13.2. The number of rotatable bonds is 10. The van der Waals surface area contributed by atoms with Crippen LogP contribution in [0.15, 0.2) is 67.4 Å². The number of halogens is 1. The van der Waals surface area contributed by atoms with Gasteiger partial charge in [-0.3, -0.25) is 19.3 Å². The highest BCUT2D eigenvalue weighted by Gasteiger charge is 2.24. The van der Waals surface area contributed by atoms with E-state index in [9.17, 15) is 14.4 Å². The monoisotopic (exact) mass is 561 g/mol. The SMILES string of the molecule is C=CC(=O)NC(c1cccc(Nc2ncc(Cl)c(Nc3ccccc3C(=O)C(=O)N(C)C)n2)c1)N1CCCCC1. The maximum absolute atomic E-state index is 12.7. The Kier molecular flexibility index (Phi) is 9.47. The molecule has 1 atom stereocenters. The van der Waals surface area contributed by atoms with Gasteiger partial charge < -0.3 is 20.9 Å². The van der Waals surface area contributed by atoms with Crippen molar-refractivity contribution in [3.05, 3.63) is 83.5 Å². The van der Waals surface area contributed by atoms with Gasteiger partial charge in [-0.1, -0.05) is 48.9 Å². The molecule has 10 nitrogen and oxygen atoms in total. The number of likely N-dealkylation sites (tertiary alicyclic amines) is 1. The Morgan fingerprint density at radius 1 is 1.05 bits per heavy atom. The van der Waals surface area contributed by atoms with E-state index < -0.39 is 11.7 Å². The van der Waals surface area contributed by atoms with Gasteiger partial charge in [-0.15, -0.1) is 0 Å². The van der Waals surface area contributed by atoms with Crippen molar-refractivity contribution in [2.24, 2.45) is 0 Å². The van der Waals surface area contributed by atoms with Crippen molar-refractivity contribution in [2.75, 3.05) is 37.8 Å². The van der Waals surface area contributed by atoms with Crippen LogP contribution in [0, 0.1) is 0 Å². The number of piperidine rings is 1. The van der Waals surface area contributed by atoms with Crippen LogP contribution < -0.4 is 16.0 Å². The van der Waals surface area contributed by atoms with Crippen molar-refractivity contribution in [1.29, 1.82) is 0 Å². The van der Waals surface area contributed by atoms with E-state index in [-0.39, 0.29) is 34.4 Å². The number of benzene rings is 2. The number of likely N-dealkylation sites (N-methyl/N-ethyl adjacent to an activating group) is 1. The average Bonchev–Trinajstić information content (AvgIpc) is 2.97. The standard InChI is InChI=1S/C29H32ClN7O3/c1-4-24(38)34-27(37-15-8-5-9-16-37)19-11-10-12-20(17-19)32-29-31-18-22(30)26(35-29)33-23-14-7-6-13-21(23)25(39)28(40)36(2)3/h4,6-7,10-14,17-18,27H,1,5,8-9,15-16H2,2-3H3,(H,34,38)(H2,31,32,33,35). The molecular weight excluding hydrogens is 530 g/mol. The third-order valence-electron chi connectivity index (χ3n) is 6.45. The molecule has 3 N–H and O–H groups in total. The topological polar surface area (TPSA) is 120 Å². The number of hydrogen-bond acceptors (Lipinski definition) is 8. The second-order valence-electron chi connectivity index (χ2n) is 9.55. The molecule has 3 aromatic rings. The molecule has 1 fully saturated rings. The maximum atomic E-state index is 12.7. The molecule has 0 spiro atoms. The molecular formula is C29H32ClN7O3. The van der Waals surface area contributed by atoms with Gasteiger partial charge in [0.2, 0.25) is 11.9 Å². The Labute approximate surface area is 238 Å². The lowest BCUT2D eigenvalue weighted by atomic mass is 10.1. The molecule has 208 valence electrons. The fourth-order valence-corrected chi connectivity index (χ4v) is 4.56. The third kappa shape index (κ3) is 7.02. The van der Waals surface area contributed by atoms with Gasteiger partial charge in [0.15, 0.2) is 5.82 Å². The lowest BCUT2D eigenvalue weighted by Crippen LogP contribution is -2.43. The third-order valence-corrected chi connectivity index (χ3v) is 6.72. The van der Waals surface area contributed by atoms with E-state index in [4.69, 9.17) is 11.6 Å². The van der Waals surface area contributed by atoms with Crippen LogP contribution >= 0.6 is 11.6 Å². The molecule has 0 aliphatic carbocycles. The van der Waals surface area contributed by atoms with E-state index in [0.717, 1.165) is 31.5 Å². The predicted octanol–water partition coefficient (Wildman–Crippen LogP) is 4.67. The summed E-state index contributed by atoms with van der Waals surface area (Å²) >= 11 is 6.38. The molecule has 1 aromatic heterocycles. The lowest BCUT2D eigenvalue weighted by Gasteiger charge is -2.35. The zero-order valence-corrected chi connectivity index (χ0v) is 23.2. The number of Topliss-reactive ketones (excluding diaryl/α,β-unsaturated/α-hetero) is 1. The summed E-state index contributed by atoms with van der Waals surface area (Å²) in [6, 6.07) is 14.3. The summed E-state index contributed by atoms with van der Waals surface area (Å²) in [6.07, 6.45) is 5.75. The molecule has 0 bridgehead atoms. The largest absolute Gasteiger partial charge is 0.342 e. The Morgan fingerprint density at radius 3 is 2.52 bits per heavy atom. The Hall–Kier alpha value is -4.28. The van der Waals surface area contributed by atoms with Crippen LogP contribution in [0.3, 0.4) is 0 Å². The number of nitrogens with zero attached hydrogens (tertiary/aromatic N) is 4. The minimum absolute atomic E-state index is 0.198. The zero-order chi connectivity index (χ0) is 28.6. The lowest BCUT2D eigenvalue weighted by molar-refractivity contribution is -0.124. The minimum Gasteiger partial charge on any atom is -0.342 e. The number of anilines is 4. The van der Waals surface area contributed by atoms with Gasteiger partial charge in [0.05, 0.1) is 17.4 Å². The highest BCUT2D eigenvalue weighted by atomic mass is 35.5. The maximum Gasteiger partial charge on any atom is 0.294 e. The van der Waals surface area contributed by atoms with Crippen molar-refractivity contribution in [2.45, 2.75) is 25.4 Å². The number of para-hydroxylation sites is 1. The number of aromatic nitrogens is 2. The fraction of sp³-hybridized carbons (Fsp3) is 0.276. The summed E-state index contributed by atoms with van der Waals surface area (Å²) in [5.74, 6) is -1.01. The molecule has 11 heteroatoms. The highest BCUT2D eigenvalue weighted by molar-refractivity contribution is 6.43. The van der Waals surface area contributed by atoms with Gasteiger partial charge in [-0.25, -0.2) is 4.98 Å². The first-order valence-electron chi connectivity index (χ1n) is 13.0. The second-order valence-corrected chi connectivity index (χ2v) is 9.96. The van der Waals surface area contributed by atoms with Crippen LogP contribution in [0.25, 0.3) is 0 Å². The van der Waals surface area contributed by atoms with Gasteiger partial charge >= 0.3 is 0 Å². The molecule has 2 aromatic carbocycles. The van der Waals surface area contributed by atoms with Crippen LogP contribution in [0.4, 0.5) is 23.1 Å². The van der Waals surface area contributed by atoms with E-state index in [1.165, 1.54) is 37.7 Å². The van der Waals surface area contributed by atoms with Gasteiger partial charge in [-0.05, 0) is 48.7 Å². The minimum atomic E-state index is -0.653. The molecule has 1 aliphatic rings. The molecule has 40 heavy (non-hydrogen) atoms. The summed E-state index contributed by atoms with van der Waals surface area (Å²) in [5.41, 5.74) is 2.21. The molecule has 0 saturated carbocycles. The zero-order valence-electron chi connectivity index (χ0n) is 22.5. The highest BCUT2D eigenvalue weighted by Crippen LogP contribution is 2.29. The van der Waals surface area contributed by atoms with Crippen LogP contribution in [0.2, 0.25) is 5.02 Å². The van der Waals surface area contributed by atoms with E-state index in [2.05, 4.69) is 37.4 Å². The molecule has 2 amide bonds. The summed E-state index contributed by atoms with van der Waals surface area (Å²) in [4.78, 5) is 49.5. The number of carbonyl (C=O) groups excluding carboxylic acids is 3. The normalized spacial score (nSPS) is 14.1. The van der Waals surface area contributed by atoms with Crippen LogP contribution in [-0.2, 0) is 9.59 Å². The first-order chi connectivity index (χ1) is 19.3. The fourth-order valence-electron chi connectivity index (χ4n) is 4.42. The van der Waals surface area contributed by atoms with Gasteiger partial charge in [0.25, 0.3) is 11.7 Å². The summed E-state index contributed by atoms with van der Waals surface area (Å²) in [5, 5.41) is 9.54. The number of ketones is 1. The van der Waals surface area contributed by atoms with Crippen molar-refractivity contribution >= 4 is 52.3 Å². The average molecular weight is 562 g/mol. The van der Waals surface area contributed by atoms with Crippen molar-refractivity contribution < 1.29 is 14.4 Å². The van der Waals surface area contributed by atoms with Crippen molar-refractivity contribution in [3.63, 3.8) is 0 Å². The molecule has 0 radical (unpaired) electrons. The first kappa shape index (κ1) is 28.7. The molecule has 4 rings (SSSR count). The quantitative estimate of drug-likeness (QED) is 0.185. The van der Waals surface area contributed by atoms with Crippen LogP contribution in [-0.4, -0.2) is 64.6 Å². The van der Waals surface area contributed by atoms with Crippen LogP contribution in [0.5, 0.6) is 0 Å². The van der Waals surface area contributed by atoms with E-state index in [0.29, 0.717) is 11.4 Å². The van der Waals surface area contributed by atoms with Crippen LogP contribution in [0.1, 0.15) is 41.3 Å². The Bertz CT molecular complexity index is 1410. The molecule has 1 aliphatic heterocycles. The smallest absolute Gasteiger partial charge is 0.294 e. The number of nitrogens with one attached hydrogen (secondary N) is 3. The number of amides is 2. The van der Waals surface area contributed by atoms with E-state index >= 15 is 0 Å². The van der Waals surface area contributed by atoms with Crippen molar-refractivity contribution in [1.82, 2.24) is 25.1 Å².